The van der Waals surface area contributed by atoms with Crippen molar-refractivity contribution in [3.8, 4) is 11.5 Å². The van der Waals surface area contributed by atoms with Crippen LogP contribution in [0.25, 0.3) is 28.1 Å². The number of fused-ring (bicyclic) bond motifs is 2. The summed E-state index contributed by atoms with van der Waals surface area (Å²) < 4.78 is 7.71. The van der Waals surface area contributed by atoms with E-state index in [1.165, 1.54) is 0 Å². The third-order valence-electron chi connectivity index (χ3n) is 4.22. The van der Waals surface area contributed by atoms with Gasteiger partial charge in [-0.1, -0.05) is 32.0 Å². The van der Waals surface area contributed by atoms with Crippen LogP contribution in [-0.4, -0.2) is 32.9 Å². The maximum atomic E-state index is 9.38. The van der Waals surface area contributed by atoms with E-state index in [1.54, 1.807) is 10.7 Å². The van der Waals surface area contributed by atoms with Crippen molar-refractivity contribution in [2.45, 2.75) is 13.8 Å². The number of aliphatic hydroxyl groups is 1. The summed E-state index contributed by atoms with van der Waals surface area (Å²) in [5, 5.41) is 18.3. The molecule has 0 aliphatic rings. The van der Waals surface area contributed by atoms with Crippen LogP contribution in [0.1, 0.15) is 13.8 Å². The number of hydrogen-bond donors (Lipinski definition) is 2. The summed E-state index contributed by atoms with van der Waals surface area (Å²) in [4.78, 5) is 4.40. The van der Waals surface area contributed by atoms with E-state index in [-0.39, 0.29) is 12.0 Å². The summed E-state index contributed by atoms with van der Waals surface area (Å²) >= 11 is 0. The zero-order chi connectivity index (χ0) is 17.4. The number of imidazole rings is 1. The van der Waals surface area contributed by atoms with Crippen LogP contribution in [0.2, 0.25) is 0 Å². The highest BCUT2D eigenvalue weighted by Crippen LogP contribution is 2.28. The van der Waals surface area contributed by atoms with Crippen molar-refractivity contribution in [2.24, 2.45) is 5.41 Å². The second kappa shape index (κ2) is 5.89. The molecule has 3 heterocycles. The van der Waals surface area contributed by atoms with Crippen LogP contribution in [0.4, 0.5) is 5.82 Å². The van der Waals surface area contributed by atoms with Crippen molar-refractivity contribution in [1.82, 2.24) is 14.6 Å². The fourth-order valence-electron chi connectivity index (χ4n) is 2.63. The number of hydrogen-bond acceptors (Lipinski definition) is 5. The molecule has 6 heteroatoms. The first kappa shape index (κ1) is 15.7. The van der Waals surface area contributed by atoms with Gasteiger partial charge in [0.1, 0.15) is 17.1 Å². The largest absolute Gasteiger partial charge is 0.454 e. The Morgan fingerprint density at radius 1 is 1.20 bits per heavy atom. The molecule has 0 spiro atoms. The molecule has 128 valence electrons. The molecule has 0 aliphatic carbocycles. The van der Waals surface area contributed by atoms with Gasteiger partial charge in [-0.25, -0.2) is 9.50 Å². The summed E-state index contributed by atoms with van der Waals surface area (Å²) in [6.45, 7) is 4.72. The molecule has 1 aromatic carbocycles. The van der Waals surface area contributed by atoms with E-state index in [1.807, 2.05) is 56.3 Å². The molecule has 4 aromatic rings. The first-order chi connectivity index (χ1) is 12.1. The fraction of sp³-hybridized carbons (Fsp3) is 0.263. The molecule has 0 amide bonds. The van der Waals surface area contributed by atoms with E-state index in [2.05, 4.69) is 15.4 Å². The number of benzene rings is 1. The summed E-state index contributed by atoms with van der Waals surface area (Å²) in [7, 11) is 0. The third-order valence-corrected chi connectivity index (χ3v) is 4.22. The Bertz CT molecular complexity index is 999. The average molecular weight is 336 g/mol. The summed E-state index contributed by atoms with van der Waals surface area (Å²) in [6, 6.07) is 13.7. The van der Waals surface area contributed by atoms with Crippen LogP contribution in [0.5, 0.6) is 0 Å². The molecular weight excluding hydrogens is 316 g/mol. The smallest absolute Gasteiger partial charge is 0.155 e. The Morgan fingerprint density at radius 3 is 2.84 bits per heavy atom. The summed E-state index contributed by atoms with van der Waals surface area (Å²) in [5.41, 5.74) is 2.18. The number of rotatable bonds is 5. The molecule has 0 saturated heterocycles. The number of aromatic nitrogens is 3. The van der Waals surface area contributed by atoms with Crippen LogP contribution >= 0.6 is 0 Å². The van der Waals surface area contributed by atoms with Gasteiger partial charge >= 0.3 is 0 Å². The summed E-state index contributed by atoms with van der Waals surface area (Å²) in [5.74, 6) is 1.46. The zero-order valence-corrected chi connectivity index (χ0v) is 14.2. The van der Waals surface area contributed by atoms with Gasteiger partial charge in [0.25, 0.3) is 0 Å². The molecule has 0 bridgehead atoms. The molecule has 6 nitrogen and oxygen atoms in total. The molecule has 3 aromatic heterocycles. The van der Waals surface area contributed by atoms with Crippen molar-refractivity contribution in [2.75, 3.05) is 18.5 Å². The number of nitrogens with zero attached hydrogens (tertiary/aromatic N) is 3. The molecule has 0 unspecified atom stereocenters. The second-order valence-electron chi connectivity index (χ2n) is 6.96. The van der Waals surface area contributed by atoms with Crippen molar-refractivity contribution < 1.29 is 9.52 Å². The van der Waals surface area contributed by atoms with E-state index in [9.17, 15) is 5.11 Å². The van der Waals surface area contributed by atoms with Gasteiger partial charge < -0.3 is 14.8 Å². The van der Waals surface area contributed by atoms with Crippen molar-refractivity contribution in [3.63, 3.8) is 0 Å². The van der Waals surface area contributed by atoms with E-state index < -0.39 is 0 Å². The lowest BCUT2D eigenvalue weighted by molar-refractivity contribution is 0.170. The number of furan rings is 1. The van der Waals surface area contributed by atoms with E-state index in [4.69, 9.17) is 4.42 Å². The van der Waals surface area contributed by atoms with Gasteiger partial charge in [-0.15, -0.1) is 5.10 Å². The number of aliphatic hydroxyl groups excluding tert-OH is 1. The minimum Gasteiger partial charge on any atom is -0.454 e. The van der Waals surface area contributed by atoms with Gasteiger partial charge in [-0.3, -0.25) is 0 Å². The highest BCUT2D eigenvalue weighted by Gasteiger charge is 2.17. The van der Waals surface area contributed by atoms with Crippen LogP contribution in [0.15, 0.2) is 53.1 Å². The number of para-hydroxylation sites is 1. The van der Waals surface area contributed by atoms with Crippen molar-refractivity contribution >= 4 is 22.4 Å². The molecule has 0 saturated carbocycles. The first-order valence-corrected chi connectivity index (χ1v) is 8.24. The molecule has 0 fully saturated rings. The molecule has 0 atom stereocenters. The van der Waals surface area contributed by atoms with Crippen molar-refractivity contribution in [1.29, 1.82) is 0 Å². The van der Waals surface area contributed by atoms with Crippen LogP contribution < -0.4 is 5.32 Å². The second-order valence-corrected chi connectivity index (χ2v) is 6.96. The van der Waals surface area contributed by atoms with E-state index in [0.29, 0.717) is 6.54 Å². The number of anilines is 1. The Morgan fingerprint density at radius 2 is 2.04 bits per heavy atom. The average Bonchev–Trinajstić information content (AvgIpc) is 3.23. The number of nitrogens with one attached hydrogen (secondary N) is 1. The van der Waals surface area contributed by atoms with Gasteiger partial charge in [0.2, 0.25) is 0 Å². The van der Waals surface area contributed by atoms with Gasteiger partial charge in [-0.2, -0.15) is 0 Å². The van der Waals surface area contributed by atoms with Gasteiger partial charge in [0, 0.05) is 24.0 Å². The molecule has 0 radical (unpaired) electrons. The molecule has 25 heavy (non-hydrogen) atoms. The quantitative estimate of drug-likeness (QED) is 0.583. The molecule has 0 aliphatic heterocycles. The highest BCUT2D eigenvalue weighted by atomic mass is 16.3. The molecule has 2 N–H and O–H groups in total. The van der Waals surface area contributed by atoms with Gasteiger partial charge in [-0.05, 0) is 24.3 Å². The lowest BCUT2D eigenvalue weighted by atomic mass is 9.95. The highest BCUT2D eigenvalue weighted by molar-refractivity contribution is 5.82. The van der Waals surface area contributed by atoms with Crippen LogP contribution in [0.3, 0.4) is 0 Å². The standard InChI is InChI=1S/C19H20N4O2/c1-19(2,12-24)11-21-17-7-8-18-20-10-14(23(18)22-17)16-9-13-5-3-4-6-15(13)25-16/h3-10,24H,11-12H2,1-2H3,(H,21,22). The van der Waals surface area contributed by atoms with Crippen molar-refractivity contribution in [3.05, 3.63) is 48.7 Å². The van der Waals surface area contributed by atoms with Gasteiger partial charge in [0.05, 0.1) is 6.20 Å². The minimum atomic E-state index is -0.215. The van der Waals surface area contributed by atoms with Gasteiger partial charge in [0.15, 0.2) is 11.4 Å². The Balaban J connectivity index is 1.71. The van der Waals surface area contributed by atoms with Crippen LogP contribution in [-0.2, 0) is 0 Å². The Kier molecular flexibility index (Phi) is 3.69. The lowest BCUT2D eigenvalue weighted by Gasteiger charge is -2.22. The predicted molar refractivity (Wildman–Crippen MR) is 97.6 cm³/mol. The monoisotopic (exact) mass is 336 g/mol. The molecular formula is C19H20N4O2. The SMILES string of the molecule is CC(C)(CO)CNc1ccc2ncc(-c3cc4ccccc4o3)n2n1. The predicted octanol–water partition coefficient (Wildman–Crippen LogP) is 3.57. The van der Waals surface area contributed by atoms with E-state index >= 15 is 0 Å². The topological polar surface area (TPSA) is 75.6 Å². The Hall–Kier alpha value is -2.86. The minimum absolute atomic E-state index is 0.109. The van der Waals surface area contributed by atoms with E-state index in [0.717, 1.165) is 33.9 Å². The first-order valence-electron chi connectivity index (χ1n) is 8.24. The maximum absolute atomic E-state index is 9.38. The summed E-state index contributed by atoms with van der Waals surface area (Å²) in [6.07, 6.45) is 1.77. The fourth-order valence-corrected chi connectivity index (χ4v) is 2.63. The lowest BCUT2D eigenvalue weighted by Crippen LogP contribution is -2.27. The van der Waals surface area contributed by atoms with Crippen LogP contribution in [0, 0.1) is 5.41 Å². The normalized spacial score (nSPS) is 12.1. The third kappa shape index (κ3) is 2.96. The molecule has 4 rings (SSSR count). The zero-order valence-electron chi connectivity index (χ0n) is 14.2. The Labute approximate surface area is 145 Å². The maximum Gasteiger partial charge on any atom is 0.155 e.